The Kier molecular flexibility index (Phi) is 6.94. The minimum atomic E-state index is -1.46. The molecule has 0 saturated heterocycles. The second-order valence-electron chi connectivity index (χ2n) is 6.65. The molecule has 0 aliphatic heterocycles. The number of rotatable bonds is 6. The molecule has 0 radical (unpaired) electrons. The first-order chi connectivity index (χ1) is 15.3. The van der Waals surface area contributed by atoms with Gasteiger partial charge in [-0.25, -0.2) is 10.4 Å². The van der Waals surface area contributed by atoms with Gasteiger partial charge in [-0.1, -0.05) is 23.7 Å². The number of hydrogen-bond acceptors (Lipinski definition) is 7. The summed E-state index contributed by atoms with van der Waals surface area (Å²) >= 11 is 5.95. The van der Waals surface area contributed by atoms with Crippen LogP contribution in [0.2, 0.25) is 5.02 Å². The summed E-state index contributed by atoms with van der Waals surface area (Å²) < 4.78 is 0. The maximum absolute atomic E-state index is 12.7. The summed E-state index contributed by atoms with van der Waals surface area (Å²) in [5.74, 6) is -0.977. The fraction of sp³-hybridized carbons (Fsp3) is 0.143. The molecule has 0 saturated carbocycles. The van der Waals surface area contributed by atoms with Crippen LogP contribution in [0.4, 0.5) is 5.69 Å². The number of aliphatic hydroxyl groups excluding tert-OH is 1. The topological polar surface area (TPSA) is 160 Å². The summed E-state index contributed by atoms with van der Waals surface area (Å²) in [5.41, 5.74) is 2.62. The van der Waals surface area contributed by atoms with E-state index in [9.17, 15) is 19.5 Å². The van der Waals surface area contributed by atoms with Gasteiger partial charge in [-0.3, -0.25) is 14.4 Å². The second-order valence-corrected chi connectivity index (χ2v) is 7.09. The van der Waals surface area contributed by atoms with Gasteiger partial charge in [0.1, 0.15) is 18.2 Å². The fourth-order valence-electron chi connectivity index (χ4n) is 2.82. The second kappa shape index (κ2) is 9.82. The lowest BCUT2D eigenvalue weighted by atomic mass is 10.0. The average molecular weight is 453 g/mol. The standard InChI is InChI=1S/C21H17ClN6O4/c1-11(29)24-14-5-2-12(3-6-14)20(31)18(28-27-17(30)8-9-23)19-21(32)26-16-10-13(22)4-7-15(16)25-19/h2-7,10,20,31H,8H2,1H3,(H,24,29)(H,26,32)(H,27,30)/b28-18+/t20-/m0/s1. The minimum absolute atomic E-state index is 0.226. The number of aromatic amines is 1. The Bertz CT molecular complexity index is 1310. The number of aliphatic hydroxyl groups is 1. The molecule has 4 N–H and O–H groups in total. The van der Waals surface area contributed by atoms with Crippen molar-refractivity contribution in [1.82, 2.24) is 15.4 Å². The Morgan fingerprint density at radius 1 is 1.28 bits per heavy atom. The summed E-state index contributed by atoms with van der Waals surface area (Å²) in [6, 6.07) is 12.5. The van der Waals surface area contributed by atoms with Crippen molar-refractivity contribution >= 4 is 45.8 Å². The smallest absolute Gasteiger partial charge is 0.276 e. The number of anilines is 1. The molecular weight excluding hydrogens is 436 g/mol. The molecule has 1 atom stereocenters. The molecule has 0 fully saturated rings. The zero-order chi connectivity index (χ0) is 23.3. The Hall–Kier alpha value is -4.07. The van der Waals surface area contributed by atoms with Gasteiger partial charge in [0.05, 0.1) is 17.1 Å². The highest BCUT2D eigenvalue weighted by atomic mass is 35.5. The molecule has 1 heterocycles. The zero-order valence-electron chi connectivity index (χ0n) is 16.7. The number of fused-ring (bicyclic) bond motifs is 1. The molecule has 3 aromatic rings. The van der Waals surface area contributed by atoms with E-state index in [2.05, 4.69) is 25.8 Å². The number of halogens is 1. The van der Waals surface area contributed by atoms with Crippen LogP contribution >= 0.6 is 11.6 Å². The van der Waals surface area contributed by atoms with E-state index in [-0.39, 0.29) is 17.3 Å². The maximum Gasteiger partial charge on any atom is 0.276 e. The van der Waals surface area contributed by atoms with Crippen LogP contribution in [0.25, 0.3) is 11.0 Å². The van der Waals surface area contributed by atoms with Crippen molar-refractivity contribution < 1.29 is 14.7 Å². The highest BCUT2D eigenvalue weighted by molar-refractivity contribution is 6.31. The third-order valence-electron chi connectivity index (χ3n) is 4.24. The number of amides is 2. The number of nitrogens with zero attached hydrogens (tertiary/aromatic N) is 3. The van der Waals surface area contributed by atoms with E-state index < -0.39 is 24.0 Å². The summed E-state index contributed by atoms with van der Waals surface area (Å²) in [4.78, 5) is 42.5. The number of H-pyrrole nitrogens is 1. The van der Waals surface area contributed by atoms with E-state index in [1.807, 2.05) is 0 Å². The minimum Gasteiger partial charge on any atom is -0.382 e. The van der Waals surface area contributed by atoms with Crippen molar-refractivity contribution in [2.75, 3.05) is 5.32 Å². The summed E-state index contributed by atoms with van der Waals surface area (Å²) in [6.07, 6.45) is -1.92. The van der Waals surface area contributed by atoms with Gasteiger partial charge in [0, 0.05) is 17.6 Å². The van der Waals surface area contributed by atoms with Crippen molar-refractivity contribution in [2.24, 2.45) is 5.10 Å². The van der Waals surface area contributed by atoms with Crippen molar-refractivity contribution in [3.8, 4) is 6.07 Å². The van der Waals surface area contributed by atoms with Gasteiger partial charge in [-0.2, -0.15) is 10.4 Å². The molecule has 0 bridgehead atoms. The molecule has 2 amide bonds. The summed E-state index contributed by atoms with van der Waals surface area (Å²) in [6.45, 7) is 1.36. The Morgan fingerprint density at radius 2 is 2.00 bits per heavy atom. The lowest BCUT2D eigenvalue weighted by molar-refractivity contribution is -0.120. The van der Waals surface area contributed by atoms with E-state index in [1.54, 1.807) is 30.3 Å². The Balaban J connectivity index is 2.06. The lowest BCUT2D eigenvalue weighted by Gasteiger charge is -2.15. The number of aromatic nitrogens is 2. The molecule has 32 heavy (non-hydrogen) atoms. The molecular formula is C21H17ClN6O4. The molecule has 10 nitrogen and oxygen atoms in total. The van der Waals surface area contributed by atoms with Crippen molar-refractivity contribution in [3.05, 3.63) is 69.1 Å². The van der Waals surface area contributed by atoms with Gasteiger partial charge in [-0.05, 0) is 35.9 Å². The van der Waals surface area contributed by atoms with Crippen molar-refractivity contribution in [3.63, 3.8) is 0 Å². The number of carbonyl (C=O) groups is 2. The predicted molar refractivity (Wildman–Crippen MR) is 118 cm³/mol. The molecule has 162 valence electrons. The molecule has 0 aliphatic carbocycles. The molecule has 3 rings (SSSR count). The van der Waals surface area contributed by atoms with Gasteiger partial charge >= 0.3 is 0 Å². The Morgan fingerprint density at radius 3 is 2.66 bits per heavy atom. The van der Waals surface area contributed by atoms with Gasteiger partial charge in [0.15, 0.2) is 5.69 Å². The van der Waals surface area contributed by atoms with E-state index in [4.69, 9.17) is 16.9 Å². The van der Waals surface area contributed by atoms with Crippen LogP contribution in [0.5, 0.6) is 0 Å². The number of nitriles is 1. The van der Waals surface area contributed by atoms with Gasteiger partial charge in [0.2, 0.25) is 5.91 Å². The van der Waals surface area contributed by atoms with E-state index >= 15 is 0 Å². The van der Waals surface area contributed by atoms with Crippen LogP contribution < -0.4 is 16.3 Å². The zero-order valence-corrected chi connectivity index (χ0v) is 17.5. The number of hydrazone groups is 1. The number of carbonyl (C=O) groups excluding carboxylic acids is 2. The SMILES string of the molecule is CC(=O)Nc1ccc([C@H](O)/C(=N/NC(=O)CC#N)c2nc3ccc(Cl)cc3[nH]c2=O)cc1. The summed E-state index contributed by atoms with van der Waals surface area (Å²) in [5, 5.41) is 26.5. The lowest BCUT2D eigenvalue weighted by Crippen LogP contribution is -2.29. The molecule has 1 aromatic heterocycles. The van der Waals surface area contributed by atoms with E-state index in [0.717, 1.165) is 0 Å². The number of hydrogen-bond donors (Lipinski definition) is 4. The maximum atomic E-state index is 12.7. The highest BCUT2D eigenvalue weighted by Crippen LogP contribution is 2.21. The van der Waals surface area contributed by atoms with Gasteiger partial charge in [0.25, 0.3) is 11.5 Å². The van der Waals surface area contributed by atoms with E-state index in [1.165, 1.54) is 25.1 Å². The summed E-state index contributed by atoms with van der Waals surface area (Å²) in [7, 11) is 0. The molecule has 0 spiro atoms. The van der Waals surface area contributed by atoms with Crippen LogP contribution in [0.3, 0.4) is 0 Å². The largest absolute Gasteiger partial charge is 0.382 e. The third-order valence-corrected chi connectivity index (χ3v) is 4.48. The van der Waals surface area contributed by atoms with E-state index in [0.29, 0.717) is 27.3 Å². The highest BCUT2D eigenvalue weighted by Gasteiger charge is 2.23. The van der Waals surface area contributed by atoms with Crippen LogP contribution in [0.1, 0.15) is 30.7 Å². The first-order valence-electron chi connectivity index (χ1n) is 9.27. The van der Waals surface area contributed by atoms with Gasteiger partial charge < -0.3 is 15.4 Å². The molecule has 11 heteroatoms. The van der Waals surface area contributed by atoms with Crippen LogP contribution in [0.15, 0.2) is 52.4 Å². The quantitative estimate of drug-likeness (QED) is 0.330. The normalized spacial score (nSPS) is 12.1. The third kappa shape index (κ3) is 5.34. The average Bonchev–Trinajstić information content (AvgIpc) is 2.74. The van der Waals surface area contributed by atoms with Crippen LogP contribution in [-0.4, -0.2) is 32.6 Å². The first-order valence-corrected chi connectivity index (χ1v) is 9.65. The molecule has 0 aliphatic rings. The molecule has 0 unspecified atom stereocenters. The van der Waals surface area contributed by atoms with Crippen LogP contribution in [0, 0.1) is 11.3 Å². The monoisotopic (exact) mass is 452 g/mol. The predicted octanol–water partition coefficient (Wildman–Crippen LogP) is 2.00. The first kappa shape index (κ1) is 22.6. The van der Waals surface area contributed by atoms with Gasteiger partial charge in [-0.15, -0.1) is 0 Å². The van der Waals surface area contributed by atoms with Crippen molar-refractivity contribution in [2.45, 2.75) is 19.4 Å². The number of benzene rings is 2. The Labute approximate surface area is 186 Å². The fourth-order valence-corrected chi connectivity index (χ4v) is 2.99. The van der Waals surface area contributed by atoms with Crippen molar-refractivity contribution in [1.29, 1.82) is 5.26 Å². The van der Waals surface area contributed by atoms with Crippen LogP contribution in [-0.2, 0) is 9.59 Å². The number of nitrogens with one attached hydrogen (secondary N) is 3. The molecule has 2 aromatic carbocycles.